The molecule has 0 unspecified atom stereocenters. The fourth-order valence-electron chi connectivity index (χ4n) is 1.51. The van der Waals surface area contributed by atoms with Crippen molar-refractivity contribution in [1.82, 2.24) is 0 Å². The van der Waals surface area contributed by atoms with Gasteiger partial charge < -0.3 is 0 Å². The van der Waals surface area contributed by atoms with E-state index in [1.807, 2.05) is 0 Å². The van der Waals surface area contributed by atoms with E-state index in [0.29, 0.717) is 16.1 Å². The van der Waals surface area contributed by atoms with Crippen LogP contribution in [0.5, 0.6) is 0 Å². The molecule has 0 aromatic heterocycles. The topological polar surface area (TPSA) is 60.2 Å². The first-order valence-corrected chi connectivity index (χ1v) is 6.09. The molecular formula is C13H8FNO3S. The Hall–Kier alpha value is -2.21. The Morgan fingerprint density at radius 1 is 1.21 bits per heavy atom. The van der Waals surface area contributed by atoms with Crippen LogP contribution in [0.2, 0.25) is 0 Å². The number of halogens is 1. The summed E-state index contributed by atoms with van der Waals surface area (Å²) in [6.07, 6.45) is 0.420. The summed E-state index contributed by atoms with van der Waals surface area (Å²) in [5.41, 5.74) is -0.278. The lowest BCUT2D eigenvalue weighted by molar-refractivity contribution is -0.385. The SMILES string of the molecule is O=Cc1cc(Sc2ccccc2F)ccc1[N+](=O)[O-]. The maximum Gasteiger partial charge on any atom is 0.279 e. The van der Waals surface area contributed by atoms with Crippen LogP contribution in [0, 0.1) is 15.9 Å². The first-order chi connectivity index (χ1) is 9.11. The average Bonchev–Trinajstić information content (AvgIpc) is 2.41. The van der Waals surface area contributed by atoms with Gasteiger partial charge in [-0.2, -0.15) is 0 Å². The fraction of sp³-hybridized carbons (Fsp3) is 0. The summed E-state index contributed by atoms with van der Waals surface area (Å²) in [6.45, 7) is 0. The summed E-state index contributed by atoms with van der Waals surface area (Å²) in [4.78, 5) is 21.8. The third-order valence-corrected chi connectivity index (χ3v) is 3.43. The number of nitro groups is 1. The zero-order valence-corrected chi connectivity index (χ0v) is 10.4. The molecule has 0 heterocycles. The molecule has 0 N–H and O–H groups in total. The normalized spacial score (nSPS) is 10.2. The van der Waals surface area contributed by atoms with Crippen LogP contribution in [0.4, 0.5) is 10.1 Å². The molecule has 0 aliphatic heterocycles. The van der Waals surface area contributed by atoms with Crippen LogP contribution in [-0.4, -0.2) is 11.2 Å². The van der Waals surface area contributed by atoms with E-state index < -0.39 is 4.92 Å². The van der Waals surface area contributed by atoms with Crippen LogP contribution < -0.4 is 0 Å². The van der Waals surface area contributed by atoms with E-state index in [0.717, 1.165) is 11.8 Å². The Morgan fingerprint density at radius 3 is 2.58 bits per heavy atom. The molecule has 0 amide bonds. The van der Waals surface area contributed by atoms with Gasteiger partial charge in [0, 0.05) is 15.9 Å². The molecule has 0 spiro atoms. The van der Waals surface area contributed by atoms with Gasteiger partial charge in [0.25, 0.3) is 5.69 Å². The van der Waals surface area contributed by atoms with Gasteiger partial charge in [0.15, 0.2) is 6.29 Å². The number of rotatable bonds is 4. The van der Waals surface area contributed by atoms with Gasteiger partial charge in [-0.3, -0.25) is 14.9 Å². The molecule has 0 radical (unpaired) electrons. The van der Waals surface area contributed by atoms with Crippen molar-refractivity contribution in [2.24, 2.45) is 0 Å². The number of nitro benzene ring substituents is 1. The number of hydrogen-bond donors (Lipinski definition) is 0. The van der Waals surface area contributed by atoms with Gasteiger partial charge in [0.1, 0.15) is 5.82 Å². The third kappa shape index (κ3) is 2.97. The molecule has 0 atom stereocenters. The molecule has 0 fully saturated rings. The van der Waals surface area contributed by atoms with Crippen LogP contribution >= 0.6 is 11.8 Å². The Morgan fingerprint density at radius 2 is 1.95 bits per heavy atom. The van der Waals surface area contributed by atoms with Crippen molar-refractivity contribution in [2.45, 2.75) is 9.79 Å². The molecule has 0 saturated carbocycles. The fourth-order valence-corrected chi connectivity index (χ4v) is 2.40. The lowest BCUT2D eigenvalue weighted by atomic mass is 10.2. The van der Waals surface area contributed by atoms with Gasteiger partial charge in [-0.15, -0.1) is 0 Å². The smallest absolute Gasteiger partial charge is 0.279 e. The van der Waals surface area contributed by atoms with Gasteiger partial charge in [-0.05, 0) is 24.3 Å². The Bertz CT molecular complexity index is 646. The molecule has 4 nitrogen and oxygen atoms in total. The molecule has 6 heteroatoms. The summed E-state index contributed by atoms with van der Waals surface area (Å²) in [6, 6.07) is 10.3. The molecule has 96 valence electrons. The van der Waals surface area contributed by atoms with Gasteiger partial charge in [-0.1, -0.05) is 23.9 Å². The third-order valence-electron chi connectivity index (χ3n) is 2.39. The quantitative estimate of drug-likeness (QED) is 0.485. The molecule has 19 heavy (non-hydrogen) atoms. The van der Waals surface area contributed by atoms with E-state index in [1.165, 1.54) is 24.3 Å². The lowest BCUT2D eigenvalue weighted by Gasteiger charge is -2.04. The lowest BCUT2D eigenvalue weighted by Crippen LogP contribution is -1.94. The van der Waals surface area contributed by atoms with Crippen molar-refractivity contribution in [2.75, 3.05) is 0 Å². The van der Waals surface area contributed by atoms with Crippen molar-refractivity contribution in [3.05, 3.63) is 64.0 Å². The monoisotopic (exact) mass is 277 g/mol. The minimum atomic E-state index is -0.624. The molecule has 2 aromatic rings. The van der Waals surface area contributed by atoms with Crippen LogP contribution in [0.3, 0.4) is 0 Å². The zero-order chi connectivity index (χ0) is 13.8. The predicted molar refractivity (Wildman–Crippen MR) is 69.0 cm³/mol. The number of nitrogens with zero attached hydrogens (tertiary/aromatic N) is 1. The molecule has 0 aliphatic carbocycles. The van der Waals surface area contributed by atoms with Gasteiger partial charge in [0.05, 0.1) is 10.5 Å². The molecular weight excluding hydrogens is 269 g/mol. The molecule has 2 rings (SSSR count). The van der Waals surface area contributed by atoms with Crippen molar-refractivity contribution in [3.63, 3.8) is 0 Å². The predicted octanol–water partition coefficient (Wildman–Crippen LogP) is 3.70. The van der Waals surface area contributed by atoms with Crippen molar-refractivity contribution >= 4 is 23.7 Å². The van der Waals surface area contributed by atoms with Gasteiger partial charge in [0.2, 0.25) is 0 Å². The number of benzene rings is 2. The standard InChI is InChI=1S/C13H8FNO3S/c14-11-3-1-2-4-13(11)19-10-5-6-12(15(17)18)9(7-10)8-16/h1-8H. The van der Waals surface area contributed by atoms with Crippen LogP contribution in [0.25, 0.3) is 0 Å². The number of carbonyl (C=O) groups is 1. The Labute approximate surface area is 112 Å². The van der Waals surface area contributed by atoms with Gasteiger partial charge >= 0.3 is 0 Å². The first kappa shape index (κ1) is 13.2. The second kappa shape index (κ2) is 5.62. The molecule has 0 aliphatic rings. The van der Waals surface area contributed by atoms with Crippen LogP contribution in [0.1, 0.15) is 10.4 Å². The van der Waals surface area contributed by atoms with E-state index in [1.54, 1.807) is 18.2 Å². The Balaban J connectivity index is 2.35. The summed E-state index contributed by atoms with van der Waals surface area (Å²) in [5.74, 6) is -0.376. The summed E-state index contributed by atoms with van der Waals surface area (Å²) in [7, 11) is 0. The number of hydrogen-bond acceptors (Lipinski definition) is 4. The molecule has 0 saturated heterocycles. The van der Waals surface area contributed by atoms with E-state index in [-0.39, 0.29) is 17.1 Å². The second-order valence-corrected chi connectivity index (χ2v) is 4.74. The van der Waals surface area contributed by atoms with E-state index in [2.05, 4.69) is 0 Å². The minimum Gasteiger partial charge on any atom is -0.298 e. The summed E-state index contributed by atoms with van der Waals surface area (Å²) in [5, 5.41) is 10.7. The highest BCUT2D eigenvalue weighted by molar-refractivity contribution is 7.99. The maximum absolute atomic E-state index is 13.5. The first-order valence-electron chi connectivity index (χ1n) is 5.28. The highest BCUT2D eigenvalue weighted by Gasteiger charge is 2.14. The van der Waals surface area contributed by atoms with E-state index in [4.69, 9.17) is 0 Å². The largest absolute Gasteiger partial charge is 0.298 e. The summed E-state index contributed by atoms with van der Waals surface area (Å²) >= 11 is 1.11. The van der Waals surface area contributed by atoms with Crippen molar-refractivity contribution < 1.29 is 14.1 Å². The van der Waals surface area contributed by atoms with Gasteiger partial charge in [-0.25, -0.2) is 4.39 Å². The summed E-state index contributed by atoms with van der Waals surface area (Å²) < 4.78 is 13.5. The number of aldehydes is 1. The van der Waals surface area contributed by atoms with Crippen molar-refractivity contribution in [3.8, 4) is 0 Å². The number of carbonyl (C=O) groups excluding carboxylic acids is 1. The Kier molecular flexibility index (Phi) is 3.91. The zero-order valence-electron chi connectivity index (χ0n) is 9.58. The van der Waals surface area contributed by atoms with E-state index >= 15 is 0 Å². The molecule has 0 bridgehead atoms. The minimum absolute atomic E-state index is 0.0219. The highest BCUT2D eigenvalue weighted by atomic mass is 32.2. The van der Waals surface area contributed by atoms with Crippen molar-refractivity contribution in [1.29, 1.82) is 0 Å². The maximum atomic E-state index is 13.5. The van der Waals surface area contributed by atoms with E-state index in [9.17, 15) is 19.3 Å². The average molecular weight is 277 g/mol. The van der Waals surface area contributed by atoms with Crippen LogP contribution in [-0.2, 0) is 0 Å². The second-order valence-electron chi connectivity index (χ2n) is 3.63. The highest BCUT2D eigenvalue weighted by Crippen LogP contribution is 2.32. The molecule has 2 aromatic carbocycles. The van der Waals surface area contributed by atoms with Crippen LogP contribution in [0.15, 0.2) is 52.3 Å².